The lowest BCUT2D eigenvalue weighted by Gasteiger charge is -2.00. The summed E-state index contributed by atoms with van der Waals surface area (Å²) in [6.45, 7) is 3.19. The van der Waals surface area contributed by atoms with Gasteiger partial charge in [0, 0.05) is 11.3 Å². The van der Waals surface area contributed by atoms with E-state index < -0.39 is 5.97 Å². The van der Waals surface area contributed by atoms with Gasteiger partial charge in [0.25, 0.3) is 0 Å². The van der Waals surface area contributed by atoms with Crippen LogP contribution in [0.3, 0.4) is 0 Å². The Bertz CT molecular complexity index is 449. The molecule has 0 amide bonds. The van der Waals surface area contributed by atoms with E-state index in [9.17, 15) is 9.59 Å². The summed E-state index contributed by atoms with van der Waals surface area (Å²) in [6, 6.07) is 5.38. The van der Waals surface area contributed by atoms with Gasteiger partial charge in [0.1, 0.15) is 0 Å². The molecule has 1 aromatic heterocycles. The second-order valence-electron chi connectivity index (χ2n) is 3.50. The molecule has 4 heteroatoms. The molecular weight excluding hydrogens is 206 g/mol. The van der Waals surface area contributed by atoms with Gasteiger partial charge in [0.2, 0.25) is 0 Å². The first-order valence-electron chi connectivity index (χ1n) is 4.86. The first kappa shape index (κ1) is 12.1. The molecule has 0 aliphatic rings. The number of nitrogens with zero attached hydrogens (tertiary/aromatic N) is 1. The third-order valence-electron chi connectivity index (χ3n) is 2.03. The normalized spacial score (nSPS) is 11.2. The highest BCUT2D eigenvalue weighted by Gasteiger charge is 2.09. The third-order valence-corrected chi connectivity index (χ3v) is 2.03. The van der Waals surface area contributed by atoms with Gasteiger partial charge in [-0.3, -0.25) is 14.6 Å². The van der Waals surface area contributed by atoms with Crippen LogP contribution in [0.2, 0.25) is 0 Å². The molecule has 0 saturated heterocycles. The van der Waals surface area contributed by atoms with Gasteiger partial charge in [-0.15, -0.1) is 0 Å². The van der Waals surface area contributed by atoms with Crippen LogP contribution in [0.25, 0.3) is 6.08 Å². The van der Waals surface area contributed by atoms with Crippen molar-refractivity contribution < 1.29 is 14.7 Å². The van der Waals surface area contributed by atoms with E-state index in [0.717, 1.165) is 5.69 Å². The maximum atomic E-state index is 11.2. The molecule has 0 aromatic carbocycles. The van der Waals surface area contributed by atoms with E-state index in [1.165, 1.54) is 13.0 Å². The number of Topliss-reactive ketones (excluding diaryl/α,β-unsaturated/α-hetero) is 1. The highest BCUT2D eigenvalue weighted by Crippen LogP contribution is 2.10. The molecule has 0 unspecified atom stereocenters. The number of carboxylic acids is 1. The molecular formula is C12H13NO3. The number of ketones is 1. The lowest BCUT2D eigenvalue weighted by Crippen LogP contribution is -2.04. The van der Waals surface area contributed by atoms with Gasteiger partial charge in [0.05, 0.1) is 12.1 Å². The molecule has 0 atom stereocenters. The Kier molecular flexibility index (Phi) is 3.94. The van der Waals surface area contributed by atoms with Crippen molar-refractivity contribution >= 4 is 17.8 Å². The van der Waals surface area contributed by atoms with Crippen LogP contribution in [-0.4, -0.2) is 21.8 Å². The number of carbonyl (C=O) groups is 2. The lowest BCUT2D eigenvalue weighted by molar-refractivity contribution is -0.136. The topological polar surface area (TPSA) is 67.3 Å². The van der Waals surface area contributed by atoms with E-state index >= 15 is 0 Å². The Morgan fingerprint density at radius 1 is 1.44 bits per heavy atom. The minimum atomic E-state index is -1.02. The zero-order valence-corrected chi connectivity index (χ0v) is 9.23. The number of hydrogen-bond acceptors (Lipinski definition) is 3. The number of aromatic nitrogens is 1. The fourth-order valence-electron chi connectivity index (χ4n) is 1.26. The maximum absolute atomic E-state index is 11.2. The molecule has 1 aromatic rings. The van der Waals surface area contributed by atoms with Crippen LogP contribution < -0.4 is 0 Å². The quantitative estimate of drug-likeness (QED) is 0.784. The standard InChI is InChI=1S/C12H13NO3/c1-8-4-3-5-11(13-8)6-10(9(2)14)7-12(15)16/h3-6H,7H2,1-2H3,(H,15,16). The number of carbonyl (C=O) groups excluding carboxylic acids is 1. The van der Waals surface area contributed by atoms with Gasteiger partial charge in [-0.1, -0.05) is 6.07 Å². The third kappa shape index (κ3) is 3.65. The Morgan fingerprint density at radius 2 is 2.12 bits per heavy atom. The summed E-state index contributed by atoms with van der Waals surface area (Å²) >= 11 is 0. The fourth-order valence-corrected chi connectivity index (χ4v) is 1.26. The summed E-state index contributed by atoms with van der Waals surface area (Å²) in [6.07, 6.45) is 1.24. The highest BCUT2D eigenvalue weighted by atomic mass is 16.4. The molecule has 1 rings (SSSR count). The Morgan fingerprint density at radius 3 is 2.62 bits per heavy atom. The van der Waals surface area contributed by atoms with Crippen molar-refractivity contribution in [3.05, 3.63) is 35.2 Å². The van der Waals surface area contributed by atoms with Crippen molar-refractivity contribution in [2.24, 2.45) is 0 Å². The van der Waals surface area contributed by atoms with E-state index in [2.05, 4.69) is 4.98 Å². The Hall–Kier alpha value is -1.97. The minimum absolute atomic E-state index is 0.245. The van der Waals surface area contributed by atoms with Gasteiger partial charge >= 0.3 is 5.97 Å². The number of aryl methyl sites for hydroxylation is 1. The van der Waals surface area contributed by atoms with Crippen LogP contribution >= 0.6 is 0 Å². The molecule has 0 aliphatic carbocycles. The molecule has 0 fully saturated rings. The lowest BCUT2D eigenvalue weighted by atomic mass is 10.1. The van der Waals surface area contributed by atoms with Gasteiger partial charge in [-0.2, -0.15) is 0 Å². The van der Waals surface area contributed by atoms with Crippen molar-refractivity contribution in [2.75, 3.05) is 0 Å². The molecule has 4 nitrogen and oxygen atoms in total. The molecule has 0 bridgehead atoms. The average molecular weight is 219 g/mol. The zero-order chi connectivity index (χ0) is 12.1. The molecule has 1 N–H and O–H groups in total. The van der Waals surface area contributed by atoms with Gasteiger partial charge in [0.15, 0.2) is 5.78 Å². The van der Waals surface area contributed by atoms with Gasteiger partial charge < -0.3 is 5.11 Å². The number of aliphatic carboxylic acids is 1. The van der Waals surface area contributed by atoms with Crippen LogP contribution in [0.15, 0.2) is 23.8 Å². The van der Waals surface area contributed by atoms with Crippen molar-refractivity contribution in [3.8, 4) is 0 Å². The SMILES string of the molecule is CC(=O)C(=Cc1cccc(C)n1)CC(=O)O. The van der Waals surface area contributed by atoms with Crippen molar-refractivity contribution in [3.63, 3.8) is 0 Å². The van der Waals surface area contributed by atoms with Gasteiger partial charge in [-0.05, 0) is 32.1 Å². The molecule has 1 heterocycles. The first-order valence-corrected chi connectivity index (χ1v) is 4.86. The average Bonchev–Trinajstić information content (AvgIpc) is 2.15. The second-order valence-corrected chi connectivity index (χ2v) is 3.50. The summed E-state index contributed by atoms with van der Waals surface area (Å²) in [7, 11) is 0. The van der Waals surface area contributed by atoms with E-state index in [0.29, 0.717) is 5.69 Å². The molecule has 0 aliphatic heterocycles. The number of rotatable bonds is 4. The zero-order valence-electron chi connectivity index (χ0n) is 9.23. The largest absolute Gasteiger partial charge is 0.481 e. The number of carboxylic acid groups (broad SMARTS) is 1. The van der Waals surface area contributed by atoms with E-state index in [4.69, 9.17) is 5.11 Å². The predicted molar refractivity (Wildman–Crippen MR) is 59.9 cm³/mol. The van der Waals surface area contributed by atoms with Crippen molar-refractivity contribution in [1.29, 1.82) is 0 Å². The van der Waals surface area contributed by atoms with Crippen molar-refractivity contribution in [1.82, 2.24) is 4.98 Å². The van der Waals surface area contributed by atoms with Crippen molar-refractivity contribution in [2.45, 2.75) is 20.3 Å². The summed E-state index contributed by atoms with van der Waals surface area (Å²) in [5.74, 6) is -1.26. The fraction of sp³-hybridized carbons (Fsp3) is 0.250. The molecule has 0 saturated carbocycles. The van der Waals surface area contributed by atoms with Gasteiger partial charge in [-0.25, -0.2) is 0 Å². The summed E-state index contributed by atoms with van der Waals surface area (Å²) in [4.78, 5) is 25.9. The smallest absolute Gasteiger partial charge is 0.307 e. The first-order chi connectivity index (χ1) is 7.49. The van der Waals surface area contributed by atoms with Crippen LogP contribution in [-0.2, 0) is 9.59 Å². The Balaban J connectivity index is 3.02. The summed E-state index contributed by atoms with van der Waals surface area (Å²) < 4.78 is 0. The monoisotopic (exact) mass is 219 g/mol. The number of pyridine rings is 1. The Labute approximate surface area is 93.6 Å². The summed E-state index contributed by atoms with van der Waals surface area (Å²) in [5, 5.41) is 8.65. The van der Waals surface area contributed by atoms with E-state index in [-0.39, 0.29) is 17.8 Å². The van der Waals surface area contributed by atoms with Crippen LogP contribution in [0, 0.1) is 6.92 Å². The molecule has 0 radical (unpaired) electrons. The van der Waals surface area contributed by atoms with E-state index in [1.807, 2.05) is 19.1 Å². The van der Waals surface area contributed by atoms with Crippen LogP contribution in [0.5, 0.6) is 0 Å². The molecule has 0 spiro atoms. The van der Waals surface area contributed by atoms with Crippen LogP contribution in [0.1, 0.15) is 24.7 Å². The molecule has 84 valence electrons. The predicted octanol–water partition coefficient (Wildman–Crippen LogP) is 1.84. The number of hydrogen-bond donors (Lipinski definition) is 1. The molecule has 16 heavy (non-hydrogen) atoms. The maximum Gasteiger partial charge on any atom is 0.307 e. The summed E-state index contributed by atoms with van der Waals surface area (Å²) in [5.41, 5.74) is 1.68. The van der Waals surface area contributed by atoms with Crippen LogP contribution in [0.4, 0.5) is 0 Å². The second kappa shape index (κ2) is 5.21. The van der Waals surface area contributed by atoms with E-state index in [1.54, 1.807) is 6.07 Å². The minimum Gasteiger partial charge on any atom is -0.481 e. The highest BCUT2D eigenvalue weighted by molar-refractivity contribution is 6.01.